The number of nitrogens with one attached hydrogen (secondary N) is 2. The van der Waals surface area contributed by atoms with Crippen LogP contribution in [0.15, 0.2) is 30.5 Å². The summed E-state index contributed by atoms with van der Waals surface area (Å²) in [6.45, 7) is 0. The van der Waals surface area contributed by atoms with Crippen molar-refractivity contribution in [2.45, 2.75) is 37.4 Å². The number of halogens is 1. The molecule has 2 aromatic rings. The molecule has 2 bridgehead atoms. The predicted molar refractivity (Wildman–Crippen MR) is 89.5 cm³/mol. The average Bonchev–Trinajstić information content (AvgIpc) is 3.25. The first kappa shape index (κ1) is 14.9. The number of ether oxygens (including phenoxy) is 1. The Kier molecular flexibility index (Phi) is 3.97. The molecule has 5 nitrogen and oxygen atoms in total. The molecule has 23 heavy (non-hydrogen) atoms. The third-order valence-electron chi connectivity index (χ3n) is 4.39. The molecular weight excluding hydrogens is 334 g/mol. The molecule has 2 aliphatic heterocycles. The van der Waals surface area contributed by atoms with Gasteiger partial charge in [-0.2, -0.15) is 0 Å². The average molecular weight is 350 g/mol. The van der Waals surface area contributed by atoms with Crippen LogP contribution in [0.2, 0.25) is 4.34 Å². The number of carbonyl (C=O) groups is 1. The largest absolute Gasteiger partial charge is 0.431 e. The molecular formula is C16H16ClN3O2S. The maximum atomic E-state index is 12.3. The molecule has 4 rings (SSSR count). The number of hydrogen-bond donors (Lipinski definition) is 2. The molecule has 7 heteroatoms. The fourth-order valence-electron chi connectivity index (χ4n) is 3.30. The lowest BCUT2D eigenvalue weighted by molar-refractivity contribution is 0.0931. The van der Waals surface area contributed by atoms with Gasteiger partial charge in [0, 0.05) is 23.7 Å². The maximum Gasteiger partial charge on any atom is 0.280 e. The number of rotatable bonds is 4. The van der Waals surface area contributed by atoms with Gasteiger partial charge in [0.15, 0.2) is 0 Å². The summed E-state index contributed by atoms with van der Waals surface area (Å²) in [5, 5.41) is 7.14. The highest BCUT2D eigenvalue weighted by Gasteiger charge is 2.39. The maximum absolute atomic E-state index is 12.3. The molecule has 0 spiro atoms. The zero-order valence-corrected chi connectivity index (χ0v) is 13.9. The van der Waals surface area contributed by atoms with Gasteiger partial charge in [-0.3, -0.25) is 4.79 Å². The van der Waals surface area contributed by atoms with Crippen LogP contribution in [0.1, 0.15) is 29.6 Å². The number of thiazole rings is 1. The normalized spacial score (nSPS) is 25.5. The van der Waals surface area contributed by atoms with E-state index in [1.54, 1.807) is 30.5 Å². The van der Waals surface area contributed by atoms with Crippen molar-refractivity contribution in [1.82, 2.24) is 15.6 Å². The quantitative estimate of drug-likeness (QED) is 0.889. The highest BCUT2D eigenvalue weighted by molar-refractivity contribution is 7.17. The van der Waals surface area contributed by atoms with Crippen molar-refractivity contribution in [3.05, 3.63) is 40.4 Å². The van der Waals surface area contributed by atoms with Crippen molar-refractivity contribution in [3.8, 4) is 10.9 Å². The molecule has 0 radical (unpaired) electrons. The van der Waals surface area contributed by atoms with Crippen LogP contribution >= 0.6 is 22.9 Å². The molecule has 0 aliphatic carbocycles. The summed E-state index contributed by atoms with van der Waals surface area (Å²) in [6.07, 6.45) is 4.96. The van der Waals surface area contributed by atoms with Gasteiger partial charge in [-0.05, 0) is 43.5 Å². The molecule has 3 heterocycles. The van der Waals surface area contributed by atoms with E-state index in [9.17, 15) is 4.79 Å². The molecule has 1 amide bonds. The van der Waals surface area contributed by atoms with Crippen molar-refractivity contribution in [2.24, 2.45) is 0 Å². The Balaban J connectivity index is 1.38. The second kappa shape index (κ2) is 6.11. The minimum atomic E-state index is -0.0341. The standard InChI is InChI=1S/C16H16ClN3O2S/c17-14-8-18-16(23-14)22-11-4-1-9(2-5-11)15(21)20-13-7-10-3-6-12(13)19-10/h1-2,4-5,8,10,12-13,19H,3,6-7H2,(H,20,21). The first-order chi connectivity index (χ1) is 11.2. The lowest BCUT2D eigenvalue weighted by atomic mass is 9.95. The van der Waals surface area contributed by atoms with E-state index in [2.05, 4.69) is 15.6 Å². The van der Waals surface area contributed by atoms with Crippen LogP contribution in [0.5, 0.6) is 10.9 Å². The van der Waals surface area contributed by atoms with E-state index in [-0.39, 0.29) is 11.9 Å². The molecule has 1 aromatic carbocycles. The summed E-state index contributed by atoms with van der Waals surface area (Å²) in [5.74, 6) is 0.599. The summed E-state index contributed by atoms with van der Waals surface area (Å²) >= 11 is 7.09. The Hall–Kier alpha value is -1.63. The lowest BCUT2D eigenvalue weighted by Gasteiger charge is -2.21. The Labute approximate surface area is 143 Å². The molecule has 1 aromatic heterocycles. The minimum Gasteiger partial charge on any atom is -0.431 e. The zero-order valence-electron chi connectivity index (χ0n) is 12.3. The molecule has 120 valence electrons. The number of carbonyl (C=O) groups excluding carboxylic acids is 1. The van der Waals surface area contributed by atoms with Gasteiger partial charge in [0.25, 0.3) is 11.1 Å². The van der Waals surface area contributed by atoms with Crippen molar-refractivity contribution in [3.63, 3.8) is 0 Å². The Morgan fingerprint density at radius 2 is 2.17 bits per heavy atom. The molecule has 3 atom stereocenters. The topological polar surface area (TPSA) is 63.2 Å². The monoisotopic (exact) mass is 349 g/mol. The van der Waals surface area contributed by atoms with E-state index < -0.39 is 0 Å². The predicted octanol–water partition coefficient (Wildman–Crippen LogP) is 3.21. The van der Waals surface area contributed by atoms with Crippen LogP contribution in [0.25, 0.3) is 0 Å². The van der Waals surface area contributed by atoms with Crippen LogP contribution < -0.4 is 15.4 Å². The van der Waals surface area contributed by atoms with Gasteiger partial charge < -0.3 is 15.4 Å². The van der Waals surface area contributed by atoms with Gasteiger partial charge in [-0.15, -0.1) is 0 Å². The van der Waals surface area contributed by atoms with Crippen molar-refractivity contribution in [1.29, 1.82) is 0 Å². The van der Waals surface area contributed by atoms with E-state index in [1.807, 2.05) is 0 Å². The second-order valence-corrected chi connectivity index (χ2v) is 7.54. The first-order valence-electron chi connectivity index (χ1n) is 7.63. The number of nitrogens with zero attached hydrogens (tertiary/aromatic N) is 1. The van der Waals surface area contributed by atoms with E-state index >= 15 is 0 Å². The summed E-state index contributed by atoms with van der Waals surface area (Å²) in [6, 6.07) is 8.31. The summed E-state index contributed by atoms with van der Waals surface area (Å²) in [4.78, 5) is 16.4. The molecule has 2 N–H and O–H groups in total. The fraction of sp³-hybridized carbons (Fsp3) is 0.375. The highest BCUT2D eigenvalue weighted by Crippen LogP contribution is 2.30. The van der Waals surface area contributed by atoms with Crippen LogP contribution in [-0.4, -0.2) is 29.0 Å². The van der Waals surface area contributed by atoms with Gasteiger partial charge in [-0.25, -0.2) is 4.98 Å². The van der Waals surface area contributed by atoms with Crippen LogP contribution in [0.4, 0.5) is 0 Å². The Morgan fingerprint density at radius 1 is 1.35 bits per heavy atom. The van der Waals surface area contributed by atoms with Crippen molar-refractivity contribution in [2.75, 3.05) is 0 Å². The van der Waals surface area contributed by atoms with Gasteiger partial charge in [0.2, 0.25) is 0 Å². The SMILES string of the molecule is O=C(NC1CC2CCC1N2)c1ccc(Oc2ncc(Cl)s2)cc1. The number of benzene rings is 1. The van der Waals surface area contributed by atoms with Crippen LogP contribution in [0.3, 0.4) is 0 Å². The lowest BCUT2D eigenvalue weighted by Crippen LogP contribution is -2.42. The first-order valence-corrected chi connectivity index (χ1v) is 8.83. The highest BCUT2D eigenvalue weighted by atomic mass is 35.5. The van der Waals surface area contributed by atoms with Gasteiger partial charge in [-0.1, -0.05) is 22.9 Å². The minimum absolute atomic E-state index is 0.0341. The summed E-state index contributed by atoms with van der Waals surface area (Å²) < 4.78 is 6.17. The third-order valence-corrected chi connectivity index (χ3v) is 5.39. The summed E-state index contributed by atoms with van der Waals surface area (Å²) in [7, 11) is 0. The number of aromatic nitrogens is 1. The number of fused-ring (bicyclic) bond motifs is 2. The number of hydrogen-bond acceptors (Lipinski definition) is 5. The van der Waals surface area contributed by atoms with Crippen molar-refractivity contribution < 1.29 is 9.53 Å². The molecule has 3 unspecified atom stereocenters. The van der Waals surface area contributed by atoms with E-state index in [0.29, 0.717) is 32.9 Å². The van der Waals surface area contributed by atoms with Crippen molar-refractivity contribution >= 4 is 28.8 Å². The Bertz CT molecular complexity index is 718. The summed E-state index contributed by atoms with van der Waals surface area (Å²) in [5.41, 5.74) is 0.636. The van der Waals surface area contributed by atoms with E-state index in [1.165, 1.54) is 17.8 Å². The molecule has 2 aliphatic rings. The van der Waals surface area contributed by atoms with Crippen LogP contribution in [0, 0.1) is 0 Å². The van der Waals surface area contributed by atoms with Crippen LogP contribution in [-0.2, 0) is 0 Å². The molecule has 0 saturated carbocycles. The van der Waals surface area contributed by atoms with E-state index in [4.69, 9.17) is 16.3 Å². The van der Waals surface area contributed by atoms with E-state index in [0.717, 1.165) is 12.8 Å². The smallest absolute Gasteiger partial charge is 0.280 e. The zero-order chi connectivity index (χ0) is 15.8. The fourth-order valence-corrected chi connectivity index (χ4v) is 4.06. The third kappa shape index (κ3) is 3.20. The van der Waals surface area contributed by atoms with Gasteiger partial charge in [0.05, 0.1) is 6.20 Å². The molecule has 2 fully saturated rings. The Morgan fingerprint density at radius 3 is 2.78 bits per heavy atom. The van der Waals surface area contributed by atoms with Gasteiger partial charge >= 0.3 is 0 Å². The number of amides is 1. The molecule has 2 saturated heterocycles. The van der Waals surface area contributed by atoms with Gasteiger partial charge in [0.1, 0.15) is 10.1 Å². The second-order valence-electron chi connectivity index (χ2n) is 5.92.